The molecule has 1 fully saturated rings. The zero-order valence-corrected chi connectivity index (χ0v) is 18.0. The number of anilines is 2. The number of nitrogens with one attached hydrogen (secondary N) is 1. The van der Waals surface area contributed by atoms with E-state index in [1.54, 1.807) is 39.0 Å². The SMILES string of the molecule is CCOC(=O)c1cccc(NC(=O)C[C@@H]2C(=O)N(c3ccc(F)cc3)C(=O)N2C(C)C)c1. The molecule has 1 aliphatic heterocycles. The molecule has 8 nitrogen and oxygen atoms in total. The van der Waals surface area contributed by atoms with Crippen molar-refractivity contribution in [2.45, 2.75) is 39.3 Å². The molecule has 9 heteroatoms. The second-order valence-corrected chi connectivity index (χ2v) is 7.50. The van der Waals surface area contributed by atoms with Gasteiger partial charge in [-0.3, -0.25) is 9.59 Å². The monoisotopic (exact) mass is 441 g/mol. The average molecular weight is 441 g/mol. The minimum atomic E-state index is -1.01. The van der Waals surface area contributed by atoms with Gasteiger partial charge in [-0.25, -0.2) is 18.9 Å². The first-order valence-electron chi connectivity index (χ1n) is 10.2. The molecular formula is C23H24FN3O5. The lowest BCUT2D eigenvalue weighted by molar-refractivity contribution is -0.124. The Labute approximate surface area is 184 Å². The Kier molecular flexibility index (Phi) is 6.87. The van der Waals surface area contributed by atoms with E-state index in [1.165, 1.54) is 23.1 Å². The summed E-state index contributed by atoms with van der Waals surface area (Å²) in [4.78, 5) is 52.9. The van der Waals surface area contributed by atoms with Gasteiger partial charge < -0.3 is 15.0 Å². The number of carbonyl (C=O) groups is 4. The largest absolute Gasteiger partial charge is 0.462 e. The fraction of sp³-hybridized carbons (Fsp3) is 0.304. The van der Waals surface area contributed by atoms with Crippen LogP contribution in [0.3, 0.4) is 0 Å². The number of halogens is 1. The fourth-order valence-corrected chi connectivity index (χ4v) is 3.53. The number of imide groups is 1. The summed E-state index contributed by atoms with van der Waals surface area (Å²) in [6, 6.07) is 9.31. The summed E-state index contributed by atoms with van der Waals surface area (Å²) < 4.78 is 18.2. The highest BCUT2D eigenvalue weighted by Gasteiger charge is 2.47. The first-order valence-corrected chi connectivity index (χ1v) is 10.2. The molecule has 3 rings (SSSR count). The number of hydrogen-bond acceptors (Lipinski definition) is 5. The third-order valence-corrected chi connectivity index (χ3v) is 4.93. The molecule has 1 N–H and O–H groups in total. The van der Waals surface area contributed by atoms with Gasteiger partial charge in [0, 0.05) is 11.7 Å². The van der Waals surface area contributed by atoms with E-state index in [9.17, 15) is 23.6 Å². The van der Waals surface area contributed by atoms with Gasteiger partial charge in [0.05, 0.1) is 24.3 Å². The fourth-order valence-electron chi connectivity index (χ4n) is 3.53. The minimum Gasteiger partial charge on any atom is -0.462 e. The summed E-state index contributed by atoms with van der Waals surface area (Å²) in [5.74, 6) is -2.06. The van der Waals surface area contributed by atoms with E-state index in [-0.39, 0.29) is 30.3 Å². The molecule has 0 spiro atoms. The van der Waals surface area contributed by atoms with Crippen molar-refractivity contribution in [2.24, 2.45) is 0 Å². The number of nitrogens with zero attached hydrogens (tertiary/aromatic N) is 2. The Morgan fingerprint density at radius 1 is 1.12 bits per heavy atom. The van der Waals surface area contributed by atoms with Crippen molar-refractivity contribution in [2.75, 3.05) is 16.8 Å². The van der Waals surface area contributed by atoms with Crippen LogP contribution in [0.2, 0.25) is 0 Å². The number of carbonyl (C=O) groups excluding carboxylic acids is 4. The van der Waals surface area contributed by atoms with E-state index < -0.39 is 35.7 Å². The molecule has 0 aromatic heterocycles. The number of hydrogen-bond donors (Lipinski definition) is 1. The maximum Gasteiger partial charge on any atom is 0.338 e. The zero-order valence-electron chi connectivity index (χ0n) is 18.0. The van der Waals surface area contributed by atoms with Gasteiger partial charge in [-0.2, -0.15) is 0 Å². The van der Waals surface area contributed by atoms with E-state index >= 15 is 0 Å². The molecule has 0 saturated carbocycles. The van der Waals surface area contributed by atoms with Crippen LogP contribution in [0.5, 0.6) is 0 Å². The van der Waals surface area contributed by atoms with Crippen molar-refractivity contribution in [3.8, 4) is 0 Å². The summed E-state index contributed by atoms with van der Waals surface area (Å²) in [6.45, 7) is 5.40. The van der Waals surface area contributed by atoms with E-state index in [2.05, 4.69) is 5.32 Å². The second-order valence-electron chi connectivity index (χ2n) is 7.50. The first-order chi connectivity index (χ1) is 15.2. The van der Waals surface area contributed by atoms with Gasteiger partial charge in [0.2, 0.25) is 5.91 Å². The highest BCUT2D eigenvalue weighted by Crippen LogP contribution is 2.29. The predicted octanol–water partition coefficient (Wildman–Crippen LogP) is 3.58. The van der Waals surface area contributed by atoms with E-state index in [4.69, 9.17) is 4.74 Å². The number of esters is 1. The minimum absolute atomic E-state index is 0.225. The van der Waals surface area contributed by atoms with Crippen molar-refractivity contribution < 1.29 is 28.3 Å². The van der Waals surface area contributed by atoms with E-state index in [0.717, 1.165) is 17.0 Å². The molecule has 1 heterocycles. The van der Waals surface area contributed by atoms with Gasteiger partial charge >= 0.3 is 12.0 Å². The van der Waals surface area contributed by atoms with Crippen LogP contribution in [0, 0.1) is 5.82 Å². The molecule has 1 aliphatic rings. The normalized spacial score (nSPS) is 16.0. The number of amides is 4. The van der Waals surface area contributed by atoms with Gasteiger partial charge in [0.25, 0.3) is 5.91 Å². The summed E-state index contributed by atoms with van der Waals surface area (Å²) >= 11 is 0. The van der Waals surface area contributed by atoms with Crippen molar-refractivity contribution in [3.05, 3.63) is 59.9 Å². The lowest BCUT2D eigenvalue weighted by Crippen LogP contribution is -2.42. The summed E-state index contributed by atoms with van der Waals surface area (Å²) in [5.41, 5.74) is 0.879. The number of ether oxygens (including phenoxy) is 1. The molecule has 32 heavy (non-hydrogen) atoms. The molecule has 168 valence electrons. The Morgan fingerprint density at radius 3 is 2.44 bits per heavy atom. The van der Waals surface area contributed by atoms with Gasteiger partial charge in [0.1, 0.15) is 11.9 Å². The average Bonchev–Trinajstić information content (AvgIpc) is 2.98. The van der Waals surface area contributed by atoms with Crippen LogP contribution in [-0.2, 0) is 14.3 Å². The molecule has 2 aromatic rings. The number of rotatable bonds is 7. The molecule has 2 aromatic carbocycles. The van der Waals surface area contributed by atoms with Crippen LogP contribution < -0.4 is 10.2 Å². The van der Waals surface area contributed by atoms with Crippen LogP contribution in [0.4, 0.5) is 20.6 Å². The van der Waals surface area contributed by atoms with Crippen LogP contribution >= 0.6 is 0 Å². The van der Waals surface area contributed by atoms with Crippen LogP contribution in [-0.4, -0.2) is 47.4 Å². The molecule has 0 unspecified atom stereocenters. The van der Waals surface area contributed by atoms with Crippen molar-refractivity contribution in [1.29, 1.82) is 0 Å². The highest BCUT2D eigenvalue weighted by atomic mass is 19.1. The van der Waals surface area contributed by atoms with Gasteiger partial charge in [0.15, 0.2) is 0 Å². The molecule has 0 bridgehead atoms. The van der Waals surface area contributed by atoms with Crippen LogP contribution in [0.15, 0.2) is 48.5 Å². The molecule has 1 saturated heterocycles. The summed E-state index contributed by atoms with van der Waals surface area (Å²) in [6.07, 6.45) is -0.274. The Hall–Kier alpha value is -3.75. The molecule has 4 amide bonds. The Balaban J connectivity index is 1.77. The predicted molar refractivity (Wildman–Crippen MR) is 116 cm³/mol. The lowest BCUT2D eigenvalue weighted by Gasteiger charge is -2.25. The topological polar surface area (TPSA) is 96.0 Å². The molecule has 0 aliphatic carbocycles. The Morgan fingerprint density at radius 2 is 1.81 bits per heavy atom. The van der Waals surface area contributed by atoms with Crippen LogP contribution in [0.1, 0.15) is 37.6 Å². The molecule has 1 atom stereocenters. The van der Waals surface area contributed by atoms with Crippen LogP contribution in [0.25, 0.3) is 0 Å². The standard InChI is InChI=1S/C23H24FN3O5/c1-4-32-22(30)15-6-5-7-17(12-15)25-20(28)13-19-21(29)27(23(31)26(19)14(2)3)18-10-8-16(24)9-11-18/h5-12,14,19H,4,13H2,1-3H3,(H,25,28)/t19-/m1/s1. The van der Waals surface area contributed by atoms with E-state index in [1.807, 2.05) is 0 Å². The van der Waals surface area contributed by atoms with Crippen molar-refractivity contribution in [1.82, 2.24) is 4.90 Å². The molecule has 0 radical (unpaired) electrons. The molecular weight excluding hydrogens is 417 g/mol. The third kappa shape index (κ3) is 4.77. The second kappa shape index (κ2) is 9.59. The van der Waals surface area contributed by atoms with Gasteiger partial charge in [-0.1, -0.05) is 6.07 Å². The quantitative estimate of drug-likeness (QED) is 0.523. The maximum atomic E-state index is 13.3. The van der Waals surface area contributed by atoms with Gasteiger partial charge in [-0.15, -0.1) is 0 Å². The number of urea groups is 1. The highest BCUT2D eigenvalue weighted by molar-refractivity contribution is 6.22. The van der Waals surface area contributed by atoms with Crippen molar-refractivity contribution in [3.63, 3.8) is 0 Å². The Bertz CT molecular complexity index is 1040. The maximum absolute atomic E-state index is 13.3. The van der Waals surface area contributed by atoms with Gasteiger partial charge in [-0.05, 0) is 63.2 Å². The van der Waals surface area contributed by atoms with E-state index in [0.29, 0.717) is 5.69 Å². The summed E-state index contributed by atoms with van der Waals surface area (Å²) in [5, 5.41) is 2.66. The zero-order chi connectivity index (χ0) is 23.4. The summed E-state index contributed by atoms with van der Waals surface area (Å²) in [7, 11) is 0. The van der Waals surface area contributed by atoms with Crippen molar-refractivity contribution >= 4 is 35.2 Å². The number of benzene rings is 2. The smallest absolute Gasteiger partial charge is 0.338 e. The third-order valence-electron chi connectivity index (χ3n) is 4.93. The first kappa shape index (κ1) is 22.9. The lowest BCUT2D eigenvalue weighted by atomic mass is 10.1.